The number of halogens is 1. The molecule has 19 heavy (non-hydrogen) atoms. The van der Waals surface area contributed by atoms with Crippen molar-refractivity contribution in [2.75, 3.05) is 7.11 Å². The fourth-order valence-corrected chi connectivity index (χ4v) is 3.55. The molecule has 0 amide bonds. The van der Waals surface area contributed by atoms with Crippen molar-refractivity contribution in [3.63, 3.8) is 0 Å². The third-order valence-corrected chi connectivity index (χ3v) is 4.94. The molecule has 3 aromatic heterocycles. The molecular weight excluding hydrogens is 348 g/mol. The minimum atomic E-state index is 0.500. The number of imidazole rings is 1. The fourth-order valence-electron chi connectivity index (χ4n) is 1.83. The van der Waals surface area contributed by atoms with Gasteiger partial charge in [-0.3, -0.25) is 4.57 Å². The number of ether oxygens (including phenoxy) is 1. The lowest BCUT2D eigenvalue weighted by molar-refractivity contribution is 0.401. The summed E-state index contributed by atoms with van der Waals surface area (Å²) in [5, 5.41) is 2.04. The van der Waals surface area contributed by atoms with Crippen LogP contribution >= 0.6 is 39.5 Å². The highest BCUT2D eigenvalue weighted by atomic mass is 79.9. The molecule has 0 aliphatic heterocycles. The van der Waals surface area contributed by atoms with Gasteiger partial charge in [-0.05, 0) is 39.6 Å². The number of methoxy groups -OCH3 is 1. The maximum absolute atomic E-state index is 5.35. The van der Waals surface area contributed by atoms with Crippen LogP contribution < -0.4 is 4.74 Å². The highest BCUT2D eigenvalue weighted by Gasteiger charge is 2.13. The zero-order valence-electron chi connectivity index (χ0n) is 9.88. The minimum Gasteiger partial charge on any atom is -0.479 e. The molecule has 0 spiro atoms. The minimum absolute atomic E-state index is 0.500. The number of nitrogens with zero attached hydrogens (tertiary/aromatic N) is 3. The van der Waals surface area contributed by atoms with E-state index in [-0.39, 0.29) is 0 Å². The maximum atomic E-state index is 5.35. The number of thiophene rings is 1. The number of aromatic amines is 1. The van der Waals surface area contributed by atoms with Crippen LogP contribution in [-0.4, -0.2) is 26.6 Å². The van der Waals surface area contributed by atoms with Gasteiger partial charge in [0.25, 0.3) is 0 Å². The van der Waals surface area contributed by atoms with Gasteiger partial charge in [0.1, 0.15) is 11.8 Å². The summed E-state index contributed by atoms with van der Waals surface area (Å²) >= 11 is 10.5. The molecule has 98 valence electrons. The number of H-pyrrole nitrogens is 1. The summed E-state index contributed by atoms with van der Waals surface area (Å²) in [6.45, 7) is 0.664. The Morgan fingerprint density at radius 1 is 1.53 bits per heavy atom. The molecule has 0 aromatic carbocycles. The SMILES string of the molecule is COc1ncnc2c1[nH]c(=S)n2Cc1sccc1Br. The third-order valence-electron chi connectivity index (χ3n) is 2.71. The highest BCUT2D eigenvalue weighted by molar-refractivity contribution is 9.10. The van der Waals surface area contributed by atoms with Gasteiger partial charge in [0.2, 0.25) is 5.88 Å². The van der Waals surface area contributed by atoms with Crippen molar-refractivity contribution in [1.29, 1.82) is 0 Å². The Bertz CT molecular complexity index is 791. The van der Waals surface area contributed by atoms with Crippen LogP contribution in [0.4, 0.5) is 0 Å². The van der Waals surface area contributed by atoms with Crippen molar-refractivity contribution >= 4 is 50.6 Å². The van der Waals surface area contributed by atoms with Crippen LogP contribution in [0.2, 0.25) is 0 Å². The van der Waals surface area contributed by atoms with Crippen molar-refractivity contribution in [1.82, 2.24) is 19.5 Å². The Morgan fingerprint density at radius 3 is 3.05 bits per heavy atom. The van der Waals surface area contributed by atoms with E-state index in [1.165, 1.54) is 11.2 Å². The van der Waals surface area contributed by atoms with E-state index in [4.69, 9.17) is 17.0 Å². The van der Waals surface area contributed by atoms with Crippen LogP contribution in [0.1, 0.15) is 4.88 Å². The zero-order chi connectivity index (χ0) is 13.4. The summed E-state index contributed by atoms with van der Waals surface area (Å²) in [7, 11) is 1.58. The Morgan fingerprint density at radius 2 is 2.37 bits per heavy atom. The van der Waals surface area contributed by atoms with Crippen molar-refractivity contribution in [2.45, 2.75) is 6.54 Å². The average Bonchev–Trinajstić information content (AvgIpc) is 2.95. The molecule has 0 bridgehead atoms. The van der Waals surface area contributed by atoms with Crippen molar-refractivity contribution in [3.05, 3.63) is 31.9 Å². The van der Waals surface area contributed by atoms with Gasteiger partial charge in [0.15, 0.2) is 10.4 Å². The normalized spacial score (nSPS) is 11.1. The van der Waals surface area contributed by atoms with Gasteiger partial charge < -0.3 is 9.72 Å². The van der Waals surface area contributed by atoms with Crippen molar-refractivity contribution < 1.29 is 4.74 Å². The Labute approximate surface area is 126 Å². The van der Waals surface area contributed by atoms with Crippen LogP contribution in [-0.2, 0) is 6.54 Å². The van der Waals surface area contributed by atoms with E-state index in [0.717, 1.165) is 15.6 Å². The Balaban J connectivity index is 2.16. The molecule has 0 atom stereocenters. The van der Waals surface area contributed by atoms with E-state index >= 15 is 0 Å². The van der Waals surface area contributed by atoms with Crippen LogP contribution in [0.15, 0.2) is 22.2 Å². The molecule has 3 rings (SSSR count). The van der Waals surface area contributed by atoms with Crippen molar-refractivity contribution in [3.8, 4) is 5.88 Å². The molecule has 0 saturated carbocycles. The molecule has 3 aromatic rings. The molecule has 0 radical (unpaired) electrons. The van der Waals surface area contributed by atoms with Gasteiger partial charge in [-0.15, -0.1) is 11.3 Å². The van der Waals surface area contributed by atoms with E-state index in [1.54, 1.807) is 18.4 Å². The molecule has 0 aliphatic carbocycles. The summed E-state index contributed by atoms with van der Waals surface area (Å²) in [4.78, 5) is 12.6. The van der Waals surface area contributed by atoms with Crippen LogP contribution in [0.3, 0.4) is 0 Å². The monoisotopic (exact) mass is 356 g/mol. The van der Waals surface area contributed by atoms with Crippen LogP contribution in [0.25, 0.3) is 11.2 Å². The van der Waals surface area contributed by atoms with E-state index in [0.29, 0.717) is 17.2 Å². The van der Waals surface area contributed by atoms with E-state index in [2.05, 4.69) is 30.9 Å². The van der Waals surface area contributed by atoms with Gasteiger partial charge >= 0.3 is 0 Å². The van der Waals surface area contributed by atoms with Crippen LogP contribution in [0.5, 0.6) is 5.88 Å². The molecule has 5 nitrogen and oxygen atoms in total. The predicted octanol–water partition coefficient (Wildman–Crippen LogP) is 3.37. The summed E-state index contributed by atoms with van der Waals surface area (Å²) in [5.74, 6) is 0.500. The molecule has 0 unspecified atom stereocenters. The molecule has 1 N–H and O–H groups in total. The zero-order valence-corrected chi connectivity index (χ0v) is 13.1. The molecular formula is C11H9BrN4OS2. The summed E-state index contributed by atoms with van der Waals surface area (Å²) in [5.41, 5.74) is 1.47. The topological polar surface area (TPSA) is 55.7 Å². The summed E-state index contributed by atoms with van der Waals surface area (Å²) in [6.07, 6.45) is 1.48. The second kappa shape index (κ2) is 5.03. The predicted molar refractivity (Wildman–Crippen MR) is 80.4 cm³/mol. The van der Waals surface area contributed by atoms with Crippen LogP contribution in [0, 0.1) is 4.77 Å². The maximum Gasteiger partial charge on any atom is 0.242 e. The lowest BCUT2D eigenvalue weighted by Crippen LogP contribution is -2.00. The molecule has 0 fully saturated rings. The average molecular weight is 357 g/mol. The lowest BCUT2D eigenvalue weighted by atomic mass is 10.4. The summed E-state index contributed by atoms with van der Waals surface area (Å²) in [6, 6.07) is 2.02. The first-order valence-electron chi connectivity index (χ1n) is 5.40. The Kier molecular flexibility index (Phi) is 3.38. The van der Waals surface area contributed by atoms with E-state index in [9.17, 15) is 0 Å². The standard InChI is InChI=1S/C11H9BrN4OS2/c1-17-10-8-9(13-5-14-10)16(11(18)15-8)4-7-6(12)2-3-19-7/h2-3,5H,4H2,1H3,(H,15,18). The molecule has 8 heteroatoms. The first-order valence-corrected chi connectivity index (χ1v) is 7.48. The first-order chi connectivity index (χ1) is 9.20. The smallest absolute Gasteiger partial charge is 0.242 e. The lowest BCUT2D eigenvalue weighted by Gasteiger charge is -2.03. The largest absolute Gasteiger partial charge is 0.479 e. The number of aromatic nitrogens is 4. The summed E-state index contributed by atoms with van der Waals surface area (Å²) < 4.78 is 8.83. The third kappa shape index (κ3) is 2.19. The second-order valence-electron chi connectivity index (χ2n) is 3.79. The number of nitrogens with one attached hydrogen (secondary N) is 1. The first kappa shape index (κ1) is 12.8. The fraction of sp³-hybridized carbons (Fsp3) is 0.182. The van der Waals surface area contributed by atoms with Gasteiger partial charge in [-0.25, -0.2) is 4.98 Å². The molecule has 0 aliphatic rings. The van der Waals surface area contributed by atoms with Gasteiger partial charge in [-0.1, -0.05) is 0 Å². The Hall–Kier alpha value is -1.25. The highest BCUT2D eigenvalue weighted by Crippen LogP contribution is 2.26. The van der Waals surface area contributed by atoms with E-state index in [1.807, 2.05) is 16.0 Å². The van der Waals surface area contributed by atoms with E-state index < -0.39 is 0 Å². The van der Waals surface area contributed by atoms with Gasteiger partial charge in [-0.2, -0.15) is 4.98 Å². The van der Waals surface area contributed by atoms with Gasteiger partial charge in [0.05, 0.1) is 13.7 Å². The molecule has 3 heterocycles. The molecule has 0 saturated heterocycles. The van der Waals surface area contributed by atoms with Crippen molar-refractivity contribution in [2.24, 2.45) is 0 Å². The number of hydrogen-bond acceptors (Lipinski definition) is 5. The van der Waals surface area contributed by atoms with Gasteiger partial charge in [0, 0.05) is 9.35 Å². The number of fused-ring (bicyclic) bond motifs is 1. The quantitative estimate of drug-likeness (QED) is 0.731. The number of hydrogen-bond donors (Lipinski definition) is 1. The second-order valence-corrected chi connectivity index (χ2v) is 6.03. The number of rotatable bonds is 3.